The number of benzene rings is 2. The zero-order valence-electron chi connectivity index (χ0n) is 19.1. The van der Waals surface area contributed by atoms with Gasteiger partial charge in [0.15, 0.2) is 6.10 Å². The molecule has 1 aliphatic carbocycles. The number of carboxylic acids is 1. The molecule has 4 rings (SSSR count). The number of carbonyl (C=O) groups is 1. The Kier molecular flexibility index (Phi) is 6.20. The lowest BCUT2D eigenvalue weighted by molar-refractivity contribution is -0.160. The van der Waals surface area contributed by atoms with Gasteiger partial charge in [-0.25, -0.2) is 4.79 Å². The van der Waals surface area contributed by atoms with Crippen molar-refractivity contribution >= 4 is 5.97 Å². The Balaban J connectivity index is 1.91. The molecule has 0 radical (unpaired) electrons. The number of ether oxygens (including phenoxy) is 2. The molecule has 7 heteroatoms. The van der Waals surface area contributed by atoms with E-state index in [2.05, 4.69) is 0 Å². The molecule has 178 valence electrons. The fraction of sp³-hybridized carbons (Fsp3) is 0.500. The minimum absolute atomic E-state index is 0.0137. The van der Waals surface area contributed by atoms with Crippen molar-refractivity contribution in [2.75, 3.05) is 6.61 Å². The van der Waals surface area contributed by atoms with Gasteiger partial charge < -0.3 is 14.6 Å². The molecule has 1 atom stereocenters. The van der Waals surface area contributed by atoms with E-state index >= 15 is 0 Å². The number of carboxylic acid groups (broad SMARTS) is 1. The van der Waals surface area contributed by atoms with E-state index in [1.807, 2.05) is 12.1 Å². The van der Waals surface area contributed by atoms with E-state index in [0.717, 1.165) is 48.6 Å². The van der Waals surface area contributed by atoms with E-state index in [1.54, 1.807) is 32.9 Å². The lowest BCUT2D eigenvalue weighted by atomic mass is 9.85. The second-order valence-electron chi connectivity index (χ2n) is 9.86. The van der Waals surface area contributed by atoms with E-state index in [1.165, 1.54) is 0 Å². The quantitative estimate of drug-likeness (QED) is 0.541. The van der Waals surface area contributed by atoms with Gasteiger partial charge in [-0.05, 0) is 98.4 Å². The molecule has 0 bridgehead atoms. The van der Waals surface area contributed by atoms with Gasteiger partial charge in [-0.2, -0.15) is 13.2 Å². The van der Waals surface area contributed by atoms with Gasteiger partial charge in [0.25, 0.3) is 0 Å². The van der Waals surface area contributed by atoms with Crippen molar-refractivity contribution in [3.8, 4) is 16.9 Å². The average molecular weight is 463 g/mol. The Morgan fingerprint density at radius 2 is 1.91 bits per heavy atom. The molecule has 0 spiro atoms. The van der Waals surface area contributed by atoms with Crippen LogP contribution in [-0.2, 0) is 28.5 Å². The largest absolute Gasteiger partial charge is 0.493 e. The Bertz CT molecular complexity index is 1050. The minimum atomic E-state index is -4.62. The smallest absolute Gasteiger partial charge is 0.416 e. The second kappa shape index (κ2) is 8.67. The molecule has 2 aromatic carbocycles. The van der Waals surface area contributed by atoms with Gasteiger partial charge in [-0.1, -0.05) is 12.1 Å². The molecule has 1 unspecified atom stereocenters. The SMILES string of the molecule is CC(C)(C)OC(Cc1c(C(F)(F)F)ccc(C2CC2)c1-c1ccc2c(c1)CCCO2)C(=O)O. The zero-order valence-corrected chi connectivity index (χ0v) is 19.1. The van der Waals surface area contributed by atoms with Gasteiger partial charge in [-0.15, -0.1) is 0 Å². The maximum Gasteiger partial charge on any atom is 0.416 e. The van der Waals surface area contributed by atoms with Crippen LogP contribution in [0.4, 0.5) is 13.2 Å². The summed E-state index contributed by atoms with van der Waals surface area (Å²) in [6.45, 7) is 5.70. The van der Waals surface area contributed by atoms with Gasteiger partial charge in [0, 0.05) is 6.42 Å². The highest BCUT2D eigenvalue weighted by molar-refractivity contribution is 5.78. The van der Waals surface area contributed by atoms with E-state index in [9.17, 15) is 23.1 Å². The Morgan fingerprint density at radius 1 is 1.18 bits per heavy atom. The molecule has 2 aliphatic rings. The van der Waals surface area contributed by atoms with Crippen LogP contribution in [0.5, 0.6) is 5.75 Å². The predicted molar refractivity (Wildman–Crippen MR) is 119 cm³/mol. The summed E-state index contributed by atoms with van der Waals surface area (Å²) in [5.41, 5.74) is 1.32. The number of fused-ring (bicyclic) bond motifs is 1. The number of halogens is 3. The molecule has 1 heterocycles. The molecule has 1 saturated carbocycles. The summed E-state index contributed by atoms with van der Waals surface area (Å²) in [6.07, 6.45) is -2.93. The molecule has 1 N–H and O–H groups in total. The predicted octanol–water partition coefficient (Wildman–Crippen LogP) is 6.39. The topological polar surface area (TPSA) is 55.8 Å². The number of aliphatic carboxylic acids is 1. The monoisotopic (exact) mass is 462 g/mol. The van der Waals surface area contributed by atoms with E-state index in [4.69, 9.17) is 9.47 Å². The van der Waals surface area contributed by atoms with Crippen LogP contribution in [0.15, 0.2) is 30.3 Å². The summed E-state index contributed by atoms with van der Waals surface area (Å²) in [5.74, 6) is -0.342. The second-order valence-corrected chi connectivity index (χ2v) is 9.86. The molecule has 1 aliphatic heterocycles. The molecule has 1 fully saturated rings. The van der Waals surface area contributed by atoms with Crippen LogP contribution in [-0.4, -0.2) is 29.4 Å². The fourth-order valence-corrected chi connectivity index (χ4v) is 4.53. The first-order valence-corrected chi connectivity index (χ1v) is 11.3. The summed E-state index contributed by atoms with van der Waals surface area (Å²) < 4.78 is 53.8. The van der Waals surface area contributed by atoms with Gasteiger partial charge in [0.2, 0.25) is 0 Å². The highest BCUT2D eigenvalue weighted by Crippen LogP contribution is 2.49. The van der Waals surface area contributed by atoms with E-state index in [0.29, 0.717) is 17.7 Å². The van der Waals surface area contributed by atoms with Crippen LogP contribution < -0.4 is 4.74 Å². The van der Waals surface area contributed by atoms with Crippen molar-refractivity contribution in [2.45, 2.75) is 76.7 Å². The van der Waals surface area contributed by atoms with Crippen LogP contribution in [0.2, 0.25) is 0 Å². The van der Waals surface area contributed by atoms with E-state index < -0.39 is 29.4 Å². The average Bonchev–Trinajstić information content (AvgIpc) is 3.56. The van der Waals surface area contributed by atoms with Crippen molar-refractivity contribution in [1.29, 1.82) is 0 Å². The summed E-state index contributed by atoms with van der Waals surface area (Å²) >= 11 is 0. The molecule has 0 amide bonds. The summed E-state index contributed by atoms with van der Waals surface area (Å²) in [5, 5.41) is 9.78. The molecular weight excluding hydrogens is 433 g/mol. The molecular formula is C26H29F3O4. The highest BCUT2D eigenvalue weighted by atomic mass is 19.4. The third-order valence-corrected chi connectivity index (χ3v) is 6.03. The number of aryl methyl sites for hydroxylation is 1. The minimum Gasteiger partial charge on any atom is -0.493 e. The van der Waals surface area contributed by atoms with Crippen LogP contribution in [0.25, 0.3) is 11.1 Å². The van der Waals surface area contributed by atoms with Gasteiger partial charge in [-0.3, -0.25) is 0 Å². The normalized spacial score (nSPS) is 17.3. The third kappa shape index (κ3) is 5.35. The van der Waals surface area contributed by atoms with Gasteiger partial charge in [0.05, 0.1) is 17.8 Å². The van der Waals surface area contributed by atoms with Crippen molar-refractivity contribution in [1.82, 2.24) is 0 Å². The lowest BCUT2D eigenvalue weighted by Crippen LogP contribution is -2.35. The first-order chi connectivity index (χ1) is 15.4. The van der Waals surface area contributed by atoms with Crippen molar-refractivity contribution in [2.24, 2.45) is 0 Å². The maximum atomic E-state index is 14.1. The first-order valence-electron chi connectivity index (χ1n) is 11.3. The number of hydrogen-bond acceptors (Lipinski definition) is 3. The van der Waals surface area contributed by atoms with Crippen molar-refractivity contribution < 1.29 is 32.5 Å². The molecule has 0 saturated heterocycles. The molecule has 4 nitrogen and oxygen atoms in total. The maximum absolute atomic E-state index is 14.1. The third-order valence-electron chi connectivity index (χ3n) is 6.03. The van der Waals surface area contributed by atoms with Crippen LogP contribution in [0.1, 0.15) is 68.2 Å². The van der Waals surface area contributed by atoms with Crippen molar-refractivity contribution in [3.05, 3.63) is 52.6 Å². The van der Waals surface area contributed by atoms with Gasteiger partial charge in [0.1, 0.15) is 5.75 Å². The van der Waals surface area contributed by atoms with Crippen molar-refractivity contribution in [3.63, 3.8) is 0 Å². The Hall–Kier alpha value is -2.54. The highest BCUT2D eigenvalue weighted by Gasteiger charge is 2.39. The number of alkyl halides is 3. The lowest BCUT2D eigenvalue weighted by Gasteiger charge is -2.28. The zero-order chi connectivity index (χ0) is 24.0. The van der Waals surface area contributed by atoms with Crippen LogP contribution in [0.3, 0.4) is 0 Å². The molecule has 33 heavy (non-hydrogen) atoms. The summed E-state index contributed by atoms with van der Waals surface area (Å²) in [6, 6.07) is 8.17. The van der Waals surface area contributed by atoms with Crippen LogP contribution >= 0.6 is 0 Å². The summed E-state index contributed by atoms with van der Waals surface area (Å²) in [7, 11) is 0. The summed E-state index contributed by atoms with van der Waals surface area (Å²) in [4.78, 5) is 12.0. The Morgan fingerprint density at radius 3 is 2.52 bits per heavy atom. The fourth-order valence-electron chi connectivity index (χ4n) is 4.53. The van der Waals surface area contributed by atoms with Gasteiger partial charge >= 0.3 is 12.1 Å². The van der Waals surface area contributed by atoms with E-state index in [-0.39, 0.29) is 17.9 Å². The van der Waals surface area contributed by atoms with Crippen LogP contribution in [0, 0.1) is 0 Å². The molecule has 2 aromatic rings. The standard InChI is InChI=1S/C26H29F3O4/c1-25(2,3)33-22(24(30)31)14-19-20(26(27,28)29)10-9-18(15-6-7-15)23(19)17-8-11-21-16(13-17)5-4-12-32-21/h8-11,13,15,22H,4-7,12,14H2,1-3H3,(H,30,31). The Labute approximate surface area is 191 Å². The molecule has 0 aromatic heterocycles. The number of hydrogen-bond donors (Lipinski definition) is 1. The number of rotatable bonds is 6. The first kappa shape index (κ1) is 23.6.